The van der Waals surface area contributed by atoms with E-state index in [9.17, 15) is 18.3 Å². The summed E-state index contributed by atoms with van der Waals surface area (Å²) < 4.78 is 36.4. The molecule has 0 radical (unpaired) electrons. The summed E-state index contributed by atoms with van der Waals surface area (Å²) in [7, 11) is 0. The average Bonchev–Trinajstić information content (AvgIpc) is 2.18. The minimum atomic E-state index is -4.86. The number of hydrogen-bond acceptors (Lipinski definition) is 2. The maximum atomic E-state index is 12.1. The lowest BCUT2D eigenvalue weighted by atomic mass is 10.0. The molecule has 0 bridgehead atoms. The number of aliphatic hydroxyl groups excluding tert-OH is 2. The van der Waals surface area contributed by atoms with Crippen molar-refractivity contribution in [2.45, 2.75) is 25.3 Å². The molecular weight excluding hydrogens is 245 g/mol. The first-order valence-electron chi connectivity index (χ1n) is 4.42. The van der Waals surface area contributed by atoms with E-state index in [0.29, 0.717) is 5.56 Å². The highest BCUT2D eigenvalue weighted by atomic mass is 35.5. The summed E-state index contributed by atoms with van der Waals surface area (Å²) in [5.41, 5.74) is 0.611. The molecule has 6 heteroatoms. The van der Waals surface area contributed by atoms with Crippen LogP contribution in [-0.4, -0.2) is 22.5 Å². The quantitative estimate of drug-likeness (QED) is 0.852. The fourth-order valence-electron chi connectivity index (χ4n) is 1.15. The van der Waals surface area contributed by atoms with Gasteiger partial charge in [0.15, 0.2) is 6.10 Å². The Kier molecular flexibility index (Phi) is 3.83. The Bertz CT molecular complexity index is 379. The molecule has 1 aromatic carbocycles. The number of rotatable bonds is 2. The third-order valence-electron chi connectivity index (χ3n) is 2.17. The molecule has 2 atom stereocenters. The first kappa shape index (κ1) is 13.3. The predicted octanol–water partition coefficient (Wildman–Crippen LogP) is 2.61. The molecule has 0 fully saturated rings. The number of benzene rings is 1. The van der Waals surface area contributed by atoms with Crippen LogP contribution in [0, 0.1) is 6.92 Å². The highest BCUT2D eigenvalue weighted by Gasteiger charge is 2.43. The second-order valence-corrected chi connectivity index (χ2v) is 3.85. The molecule has 0 aliphatic carbocycles. The molecule has 16 heavy (non-hydrogen) atoms. The van der Waals surface area contributed by atoms with Gasteiger partial charge in [-0.25, -0.2) is 0 Å². The summed E-state index contributed by atoms with van der Waals surface area (Å²) in [5.74, 6) is 0. The third-order valence-corrected chi connectivity index (χ3v) is 2.58. The van der Waals surface area contributed by atoms with Gasteiger partial charge in [0, 0.05) is 5.02 Å². The summed E-state index contributed by atoms with van der Waals surface area (Å²) in [6, 6.07) is 3.97. The summed E-state index contributed by atoms with van der Waals surface area (Å²) in [6.07, 6.45) is -9.71. The third kappa shape index (κ3) is 2.87. The summed E-state index contributed by atoms with van der Waals surface area (Å²) in [4.78, 5) is 0. The van der Waals surface area contributed by atoms with Crippen molar-refractivity contribution in [2.75, 3.05) is 0 Å². The van der Waals surface area contributed by atoms with Crippen LogP contribution in [-0.2, 0) is 0 Å². The standard InChI is InChI=1S/C10H10ClF3O2/c1-5-2-3-6(4-7(5)11)8(15)9(16)10(12,13)14/h2-4,8-9,15-16H,1H3. The van der Waals surface area contributed by atoms with Gasteiger partial charge in [-0.3, -0.25) is 0 Å². The van der Waals surface area contributed by atoms with Crippen LogP contribution in [0.2, 0.25) is 5.02 Å². The van der Waals surface area contributed by atoms with Gasteiger partial charge in [0.1, 0.15) is 6.10 Å². The molecule has 90 valence electrons. The normalized spacial score (nSPS) is 15.9. The van der Waals surface area contributed by atoms with Gasteiger partial charge in [0.2, 0.25) is 0 Å². The maximum absolute atomic E-state index is 12.1. The van der Waals surface area contributed by atoms with Crippen molar-refractivity contribution < 1.29 is 23.4 Å². The average molecular weight is 255 g/mol. The van der Waals surface area contributed by atoms with E-state index < -0.39 is 18.4 Å². The smallest absolute Gasteiger partial charge is 0.385 e. The Hall–Kier alpha value is -0.780. The van der Waals surface area contributed by atoms with Gasteiger partial charge in [0.05, 0.1) is 0 Å². The first-order valence-corrected chi connectivity index (χ1v) is 4.80. The Balaban J connectivity index is 2.97. The van der Waals surface area contributed by atoms with E-state index in [1.54, 1.807) is 6.92 Å². The van der Waals surface area contributed by atoms with E-state index in [-0.39, 0.29) is 10.6 Å². The lowest BCUT2D eigenvalue weighted by Crippen LogP contribution is -2.34. The van der Waals surface area contributed by atoms with Crippen molar-refractivity contribution in [3.05, 3.63) is 34.3 Å². The fraction of sp³-hybridized carbons (Fsp3) is 0.400. The highest BCUT2D eigenvalue weighted by molar-refractivity contribution is 6.31. The van der Waals surface area contributed by atoms with Gasteiger partial charge in [-0.05, 0) is 24.1 Å². The summed E-state index contributed by atoms with van der Waals surface area (Å²) in [5, 5.41) is 18.4. The zero-order chi connectivity index (χ0) is 12.5. The number of aryl methyl sites for hydroxylation is 1. The van der Waals surface area contributed by atoms with E-state index in [1.807, 2.05) is 0 Å². The van der Waals surface area contributed by atoms with E-state index >= 15 is 0 Å². The summed E-state index contributed by atoms with van der Waals surface area (Å²) in [6.45, 7) is 1.68. The first-order chi connectivity index (χ1) is 7.23. The van der Waals surface area contributed by atoms with Crippen molar-refractivity contribution >= 4 is 11.6 Å². The topological polar surface area (TPSA) is 40.5 Å². The number of alkyl halides is 3. The lowest BCUT2D eigenvalue weighted by molar-refractivity contribution is -0.231. The molecule has 0 heterocycles. The van der Waals surface area contributed by atoms with Crippen LogP contribution >= 0.6 is 11.6 Å². The van der Waals surface area contributed by atoms with Crippen molar-refractivity contribution in [2.24, 2.45) is 0 Å². The van der Waals surface area contributed by atoms with Crippen LogP contribution in [0.4, 0.5) is 13.2 Å². The molecule has 2 nitrogen and oxygen atoms in total. The van der Waals surface area contributed by atoms with E-state index in [0.717, 1.165) is 0 Å². The minimum absolute atomic E-state index is 0.0691. The van der Waals surface area contributed by atoms with Crippen LogP contribution < -0.4 is 0 Å². The monoisotopic (exact) mass is 254 g/mol. The molecule has 0 aromatic heterocycles. The Labute approximate surface area is 95.3 Å². The highest BCUT2D eigenvalue weighted by Crippen LogP contribution is 2.31. The second kappa shape index (κ2) is 4.61. The molecule has 0 spiro atoms. The van der Waals surface area contributed by atoms with Crippen LogP contribution in [0.3, 0.4) is 0 Å². The lowest BCUT2D eigenvalue weighted by Gasteiger charge is -2.20. The molecule has 0 saturated heterocycles. The van der Waals surface area contributed by atoms with E-state index in [4.69, 9.17) is 16.7 Å². The van der Waals surface area contributed by atoms with Crippen molar-refractivity contribution in [3.8, 4) is 0 Å². The zero-order valence-corrected chi connectivity index (χ0v) is 9.05. The van der Waals surface area contributed by atoms with Crippen LogP contribution in [0.1, 0.15) is 17.2 Å². The van der Waals surface area contributed by atoms with E-state index in [2.05, 4.69) is 0 Å². The molecule has 2 unspecified atom stereocenters. The second-order valence-electron chi connectivity index (χ2n) is 3.44. The predicted molar refractivity (Wildman–Crippen MR) is 53.2 cm³/mol. The molecule has 1 aromatic rings. The number of hydrogen-bond donors (Lipinski definition) is 2. The maximum Gasteiger partial charge on any atom is 0.417 e. The van der Waals surface area contributed by atoms with Crippen molar-refractivity contribution in [1.29, 1.82) is 0 Å². The van der Waals surface area contributed by atoms with Gasteiger partial charge >= 0.3 is 6.18 Å². The largest absolute Gasteiger partial charge is 0.417 e. The van der Waals surface area contributed by atoms with Crippen molar-refractivity contribution in [1.82, 2.24) is 0 Å². The SMILES string of the molecule is Cc1ccc(C(O)C(O)C(F)(F)F)cc1Cl. The number of aliphatic hydroxyl groups is 2. The van der Waals surface area contributed by atoms with Crippen LogP contribution in [0.25, 0.3) is 0 Å². The Morgan fingerprint density at radius 2 is 1.81 bits per heavy atom. The molecular formula is C10H10ClF3O2. The van der Waals surface area contributed by atoms with Crippen molar-refractivity contribution in [3.63, 3.8) is 0 Å². The summed E-state index contributed by atoms with van der Waals surface area (Å²) >= 11 is 5.70. The van der Waals surface area contributed by atoms with Gasteiger partial charge in [0.25, 0.3) is 0 Å². The molecule has 0 aliphatic heterocycles. The van der Waals surface area contributed by atoms with E-state index in [1.165, 1.54) is 18.2 Å². The van der Waals surface area contributed by atoms with Gasteiger partial charge in [-0.2, -0.15) is 13.2 Å². The zero-order valence-electron chi connectivity index (χ0n) is 8.29. The fourth-order valence-corrected chi connectivity index (χ4v) is 1.34. The molecule has 0 saturated carbocycles. The van der Waals surface area contributed by atoms with Crippen LogP contribution in [0.5, 0.6) is 0 Å². The Morgan fingerprint density at radius 1 is 1.25 bits per heavy atom. The van der Waals surface area contributed by atoms with Gasteiger partial charge in [-0.15, -0.1) is 0 Å². The van der Waals surface area contributed by atoms with Crippen LogP contribution in [0.15, 0.2) is 18.2 Å². The van der Waals surface area contributed by atoms with Gasteiger partial charge in [-0.1, -0.05) is 23.7 Å². The molecule has 0 amide bonds. The Morgan fingerprint density at radius 3 is 2.25 bits per heavy atom. The van der Waals surface area contributed by atoms with Gasteiger partial charge < -0.3 is 10.2 Å². The molecule has 1 rings (SSSR count). The molecule has 0 aliphatic rings. The minimum Gasteiger partial charge on any atom is -0.385 e. The number of halogens is 4. The molecule has 2 N–H and O–H groups in total.